The number of rotatable bonds is 4. The van der Waals surface area contributed by atoms with Crippen molar-refractivity contribution in [3.05, 3.63) is 77.1 Å². The molecule has 3 heteroatoms. The molecule has 2 aliphatic heterocycles. The van der Waals surface area contributed by atoms with E-state index in [-0.39, 0.29) is 5.82 Å². The molecule has 2 aromatic rings. The van der Waals surface area contributed by atoms with Gasteiger partial charge in [-0.1, -0.05) is 42.5 Å². The molecule has 0 amide bonds. The topological polar surface area (TPSA) is 27.0 Å². The quantitative estimate of drug-likeness (QED) is 0.810. The number of halogens is 1. The number of hydrogen-bond donors (Lipinski definition) is 0. The molecule has 0 aromatic heterocycles. The van der Waals surface area contributed by atoms with Crippen LogP contribution in [-0.2, 0) is 13.0 Å². The van der Waals surface area contributed by atoms with Gasteiger partial charge in [-0.05, 0) is 53.7 Å². The van der Waals surface area contributed by atoms with Crippen molar-refractivity contribution >= 4 is 5.57 Å². The minimum Gasteiger partial charge on any atom is -0.289 e. The van der Waals surface area contributed by atoms with Crippen LogP contribution in [0.3, 0.4) is 0 Å². The first-order valence-corrected chi connectivity index (χ1v) is 8.90. The molecule has 4 rings (SSSR count). The highest BCUT2D eigenvalue weighted by atomic mass is 19.1. The van der Waals surface area contributed by atoms with E-state index in [4.69, 9.17) is 5.26 Å². The van der Waals surface area contributed by atoms with Crippen LogP contribution in [0.5, 0.6) is 0 Å². The van der Waals surface area contributed by atoms with E-state index >= 15 is 0 Å². The first kappa shape index (κ1) is 16.1. The smallest absolute Gasteiger partial charge is 0.123 e. The van der Waals surface area contributed by atoms with Gasteiger partial charge < -0.3 is 0 Å². The fraction of sp³-hybridized carbons (Fsp3) is 0.318. The zero-order valence-electron chi connectivity index (χ0n) is 14.2. The lowest BCUT2D eigenvalue weighted by atomic mass is 9.90. The van der Waals surface area contributed by atoms with Gasteiger partial charge >= 0.3 is 0 Å². The molecule has 2 aliphatic rings. The molecule has 2 unspecified atom stereocenters. The van der Waals surface area contributed by atoms with Crippen molar-refractivity contribution in [2.24, 2.45) is 0 Å². The van der Waals surface area contributed by atoms with Crippen molar-refractivity contribution in [2.75, 3.05) is 0 Å². The number of fused-ring (bicyclic) bond motifs is 2. The van der Waals surface area contributed by atoms with Crippen molar-refractivity contribution in [3.63, 3.8) is 0 Å². The summed E-state index contributed by atoms with van der Waals surface area (Å²) in [5, 5.41) is 9.06. The summed E-state index contributed by atoms with van der Waals surface area (Å²) in [4.78, 5) is 2.57. The van der Waals surface area contributed by atoms with E-state index < -0.39 is 0 Å². The maximum atomic E-state index is 13.8. The van der Waals surface area contributed by atoms with Gasteiger partial charge in [0.2, 0.25) is 0 Å². The van der Waals surface area contributed by atoms with Gasteiger partial charge in [-0.25, -0.2) is 4.39 Å². The van der Waals surface area contributed by atoms with Crippen molar-refractivity contribution in [3.8, 4) is 6.07 Å². The van der Waals surface area contributed by atoms with Crippen molar-refractivity contribution in [2.45, 2.75) is 44.3 Å². The fourth-order valence-corrected chi connectivity index (χ4v) is 4.25. The Morgan fingerprint density at radius 3 is 2.72 bits per heavy atom. The minimum atomic E-state index is -0.225. The third-order valence-electron chi connectivity index (χ3n) is 5.44. The Bertz CT molecular complexity index is 835. The van der Waals surface area contributed by atoms with Crippen molar-refractivity contribution in [1.29, 1.82) is 5.26 Å². The number of nitrogens with zero attached hydrogens (tertiary/aromatic N) is 2. The average Bonchev–Trinajstić information content (AvgIpc) is 2.86. The predicted molar refractivity (Wildman–Crippen MR) is 97.1 cm³/mol. The Hall–Kier alpha value is -2.44. The van der Waals surface area contributed by atoms with Crippen LogP contribution in [-0.4, -0.2) is 17.0 Å². The molecule has 0 N–H and O–H groups in total. The first-order chi connectivity index (χ1) is 12.2. The second-order valence-electron chi connectivity index (χ2n) is 6.99. The second kappa shape index (κ2) is 6.82. The Labute approximate surface area is 148 Å². The van der Waals surface area contributed by atoms with E-state index in [9.17, 15) is 4.39 Å². The molecule has 126 valence electrons. The van der Waals surface area contributed by atoms with Gasteiger partial charge in [-0.15, -0.1) is 0 Å². The highest BCUT2D eigenvalue weighted by Crippen LogP contribution is 2.40. The number of hydrogen-bond acceptors (Lipinski definition) is 2. The third-order valence-corrected chi connectivity index (χ3v) is 5.44. The van der Waals surface area contributed by atoms with Crippen molar-refractivity contribution in [1.82, 2.24) is 4.90 Å². The van der Waals surface area contributed by atoms with E-state index in [1.54, 1.807) is 12.1 Å². The lowest BCUT2D eigenvalue weighted by Crippen LogP contribution is -2.37. The summed E-state index contributed by atoms with van der Waals surface area (Å²) >= 11 is 0. The van der Waals surface area contributed by atoms with Gasteiger partial charge in [0.15, 0.2) is 0 Å². The lowest BCUT2D eigenvalue weighted by molar-refractivity contribution is 0.203. The first-order valence-electron chi connectivity index (χ1n) is 8.90. The Morgan fingerprint density at radius 2 is 1.96 bits per heavy atom. The summed E-state index contributed by atoms with van der Waals surface area (Å²) in [6, 6.07) is 18.5. The van der Waals surface area contributed by atoms with E-state index in [1.165, 1.54) is 23.6 Å². The van der Waals surface area contributed by atoms with E-state index in [0.29, 0.717) is 18.5 Å². The van der Waals surface area contributed by atoms with Crippen LogP contribution >= 0.6 is 0 Å². The molecule has 2 heterocycles. The highest BCUT2D eigenvalue weighted by molar-refractivity contribution is 5.71. The maximum Gasteiger partial charge on any atom is 0.123 e. The third kappa shape index (κ3) is 3.23. The molecular formula is C22H21FN2. The molecule has 25 heavy (non-hydrogen) atoms. The van der Waals surface area contributed by atoms with E-state index in [2.05, 4.69) is 41.3 Å². The molecule has 0 saturated carbocycles. The van der Waals surface area contributed by atoms with Crippen molar-refractivity contribution < 1.29 is 4.39 Å². The molecule has 0 spiro atoms. The molecule has 2 bridgehead atoms. The molecular weight excluding hydrogens is 311 g/mol. The molecule has 0 radical (unpaired) electrons. The summed E-state index contributed by atoms with van der Waals surface area (Å²) in [6.45, 7) is 0.966. The van der Waals surface area contributed by atoms with E-state index in [0.717, 1.165) is 30.5 Å². The summed E-state index contributed by atoms with van der Waals surface area (Å²) in [7, 11) is 0. The summed E-state index contributed by atoms with van der Waals surface area (Å²) in [6.07, 6.45) is 5.91. The van der Waals surface area contributed by atoms with Gasteiger partial charge in [0.25, 0.3) is 0 Å². The van der Waals surface area contributed by atoms with Gasteiger partial charge in [-0.3, -0.25) is 4.90 Å². The Kier molecular flexibility index (Phi) is 4.38. The molecule has 0 aliphatic carbocycles. The van der Waals surface area contributed by atoms with Crippen LogP contribution < -0.4 is 0 Å². The largest absolute Gasteiger partial charge is 0.289 e. The molecule has 1 saturated heterocycles. The van der Waals surface area contributed by atoms with Crippen LogP contribution in [0.1, 0.15) is 36.0 Å². The molecule has 1 fully saturated rings. The Balaban J connectivity index is 1.62. The fourth-order valence-electron chi connectivity index (χ4n) is 4.25. The summed E-state index contributed by atoms with van der Waals surface area (Å²) < 4.78 is 13.8. The van der Waals surface area contributed by atoms with Gasteiger partial charge in [0.1, 0.15) is 5.82 Å². The Morgan fingerprint density at radius 1 is 1.12 bits per heavy atom. The van der Waals surface area contributed by atoms with Crippen LogP contribution in [0.4, 0.5) is 4.39 Å². The second-order valence-corrected chi connectivity index (χ2v) is 6.99. The van der Waals surface area contributed by atoms with Crippen LogP contribution in [0.15, 0.2) is 54.6 Å². The van der Waals surface area contributed by atoms with Gasteiger partial charge in [0, 0.05) is 18.6 Å². The molecule has 2 nitrogen and oxygen atoms in total. The zero-order valence-corrected chi connectivity index (χ0v) is 14.2. The average molecular weight is 332 g/mol. The monoisotopic (exact) mass is 332 g/mol. The standard InChI is InChI=1S/C22H21FN2/c23-19-7-6-17(10-11-24)22(14-19)18-12-20-8-9-21(13-18)25(20)15-16-4-2-1-3-5-16/h1-7,12,14,20-21H,8-10,13,15H2. The van der Waals surface area contributed by atoms with Crippen LogP contribution in [0.2, 0.25) is 0 Å². The highest BCUT2D eigenvalue weighted by Gasteiger charge is 2.36. The number of benzene rings is 2. The summed E-state index contributed by atoms with van der Waals surface area (Å²) in [5.74, 6) is -0.225. The van der Waals surface area contributed by atoms with E-state index in [1.807, 2.05) is 6.07 Å². The summed E-state index contributed by atoms with van der Waals surface area (Å²) in [5.41, 5.74) is 4.41. The van der Waals surface area contributed by atoms with Crippen LogP contribution in [0.25, 0.3) is 5.57 Å². The van der Waals surface area contributed by atoms with Gasteiger partial charge in [0.05, 0.1) is 12.5 Å². The SMILES string of the molecule is N#CCc1ccc(F)cc1C1=CC2CCC(C1)N2Cc1ccccc1. The molecule has 2 atom stereocenters. The normalized spacial score (nSPS) is 22.5. The molecule has 2 aromatic carbocycles. The predicted octanol–water partition coefficient (Wildman–Crippen LogP) is 4.71. The zero-order chi connectivity index (χ0) is 17.2. The number of nitriles is 1. The maximum absolute atomic E-state index is 13.8. The lowest BCUT2D eigenvalue weighted by Gasteiger charge is -2.34. The minimum absolute atomic E-state index is 0.225. The van der Waals surface area contributed by atoms with Gasteiger partial charge in [-0.2, -0.15) is 5.26 Å². The van der Waals surface area contributed by atoms with Crippen LogP contribution in [0, 0.1) is 17.1 Å².